The number of aromatic nitrogens is 3. The van der Waals surface area contributed by atoms with Gasteiger partial charge in [-0.25, -0.2) is 9.78 Å². The first-order valence-corrected chi connectivity index (χ1v) is 16.8. The van der Waals surface area contributed by atoms with E-state index in [0.29, 0.717) is 23.6 Å². The average molecular weight is 627 g/mol. The van der Waals surface area contributed by atoms with Crippen LogP contribution in [0.25, 0.3) is 32.9 Å². The van der Waals surface area contributed by atoms with Gasteiger partial charge in [-0.3, -0.25) is 4.98 Å². The molecule has 3 aliphatic rings. The van der Waals surface area contributed by atoms with Gasteiger partial charge in [-0.1, -0.05) is 12.1 Å². The highest BCUT2D eigenvalue weighted by Crippen LogP contribution is 2.47. The van der Waals surface area contributed by atoms with Crippen LogP contribution < -0.4 is 4.74 Å². The van der Waals surface area contributed by atoms with Gasteiger partial charge in [0.1, 0.15) is 11.7 Å². The van der Waals surface area contributed by atoms with E-state index in [4.69, 9.17) is 18.9 Å². The second-order valence-electron chi connectivity index (χ2n) is 14.4. The van der Waals surface area contributed by atoms with Gasteiger partial charge in [0.2, 0.25) is 5.88 Å². The largest absolute Gasteiger partial charge is 0.474 e. The highest BCUT2D eigenvalue weighted by atomic mass is 16.6. The van der Waals surface area contributed by atoms with Crippen molar-refractivity contribution in [1.82, 2.24) is 19.4 Å². The van der Waals surface area contributed by atoms with Crippen molar-refractivity contribution >= 4 is 27.9 Å². The summed E-state index contributed by atoms with van der Waals surface area (Å²) in [6.45, 7) is 9.76. The summed E-state index contributed by atoms with van der Waals surface area (Å²) < 4.78 is 25.8. The number of nitrogens with zero attached hydrogens (tertiary/aromatic N) is 4. The molecule has 2 saturated carbocycles. The molecule has 0 bridgehead atoms. The van der Waals surface area contributed by atoms with Crippen molar-refractivity contribution in [2.45, 2.75) is 70.7 Å². The number of fused-ring (bicyclic) bond motifs is 3. The van der Waals surface area contributed by atoms with Gasteiger partial charge in [0.25, 0.3) is 0 Å². The normalized spacial score (nSPS) is 22.9. The number of carbonyl (C=O) groups is 1. The lowest BCUT2D eigenvalue weighted by atomic mass is 9.92. The molecule has 9 nitrogen and oxygen atoms in total. The lowest BCUT2D eigenvalue weighted by molar-refractivity contribution is -0.0636. The predicted octanol–water partition coefficient (Wildman–Crippen LogP) is 7.01. The molecule has 4 aromatic rings. The third-order valence-electron chi connectivity index (χ3n) is 9.73. The highest BCUT2D eigenvalue weighted by Gasteiger charge is 2.49. The summed E-state index contributed by atoms with van der Waals surface area (Å²) in [7, 11) is 2.10. The maximum atomic E-state index is 12.1. The second-order valence-corrected chi connectivity index (χ2v) is 14.4. The van der Waals surface area contributed by atoms with Crippen molar-refractivity contribution in [1.29, 1.82) is 0 Å². The lowest BCUT2D eigenvalue weighted by Gasteiger charge is -2.40. The minimum atomic E-state index is -0.431. The minimum Gasteiger partial charge on any atom is -0.474 e. The topological polar surface area (TPSA) is 87.9 Å². The number of unbranched alkanes of at least 4 members (excludes halogenated alkanes) is 1. The van der Waals surface area contributed by atoms with Crippen molar-refractivity contribution in [3.8, 4) is 17.0 Å². The van der Waals surface area contributed by atoms with Crippen LogP contribution in [0.3, 0.4) is 0 Å². The second kappa shape index (κ2) is 12.8. The van der Waals surface area contributed by atoms with Gasteiger partial charge >= 0.3 is 6.09 Å². The summed E-state index contributed by atoms with van der Waals surface area (Å²) in [6, 6.07) is 12.6. The van der Waals surface area contributed by atoms with Crippen molar-refractivity contribution in [3.05, 3.63) is 55.0 Å². The number of rotatable bonds is 12. The smallest absolute Gasteiger partial charge is 0.410 e. The molecular weight excluding hydrogens is 580 g/mol. The molecule has 7 rings (SSSR count). The molecule has 3 fully saturated rings. The average Bonchev–Trinajstić information content (AvgIpc) is 3.69. The number of pyridine rings is 2. The Balaban J connectivity index is 0.744. The molecule has 0 radical (unpaired) electrons. The molecular formula is C37H46N4O5. The van der Waals surface area contributed by atoms with Crippen molar-refractivity contribution < 1.29 is 23.7 Å². The number of likely N-dealkylation sites (tertiary alicyclic amines) is 1. The van der Waals surface area contributed by atoms with Gasteiger partial charge in [-0.2, -0.15) is 0 Å². The Kier molecular flexibility index (Phi) is 8.63. The van der Waals surface area contributed by atoms with Crippen LogP contribution in [0.2, 0.25) is 0 Å². The van der Waals surface area contributed by atoms with E-state index < -0.39 is 5.60 Å². The van der Waals surface area contributed by atoms with E-state index >= 15 is 0 Å². The SMILES string of the molecule is Cn1c2ccncc2c2ccc(-c3ccc(OC4CC(OCCCCOC[C@@H]5C[C@H]5C5CN(C(=O)OC(C)(C)C)C5)C4)nc3)cc21. The van der Waals surface area contributed by atoms with Crippen LogP contribution >= 0.6 is 0 Å². The van der Waals surface area contributed by atoms with E-state index in [1.165, 1.54) is 28.2 Å². The molecule has 1 aromatic carbocycles. The fraction of sp³-hybridized carbons (Fsp3) is 0.541. The summed E-state index contributed by atoms with van der Waals surface area (Å²) in [4.78, 5) is 22.9. The molecule has 0 unspecified atom stereocenters. The molecule has 9 heteroatoms. The summed E-state index contributed by atoms with van der Waals surface area (Å²) in [5.41, 5.74) is 4.13. The molecule has 4 heterocycles. The Morgan fingerprint density at radius 1 is 0.913 bits per heavy atom. The van der Waals surface area contributed by atoms with Gasteiger partial charge in [0, 0.05) is 99.3 Å². The van der Waals surface area contributed by atoms with Crippen molar-refractivity contribution in [2.24, 2.45) is 24.8 Å². The monoisotopic (exact) mass is 626 g/mol. The van der Waals surface area contributed by atoms with E-state index in [9.17, 15) is 4.79 Å². The number of aryl methyl sites for hydroxylation is 1. The third kappa shape index (κ3) is 6.86. The van der Waals surface area contributed by atoms with Crippen LogP contribution in [-0.2, 0) is 21.3 Å². The zero-order valence-corrected chi connectivity index (χ0v) is 27.5. The van der Waals surface area contributed by atoms with E-state index in [2.05, 4.69) is 51.9 Å². The third-order valence-corrected chi connectivity index (χ3v) is 9.73. The van der Waals surface area contributed by atoms with Crippen LogP contribution in [0, 0.1) is 17.8 Å². The summed E-state index contributed by atoms with van der Waals surface area (Å²) in [5.74, 6) is 2.62. The standard InChI is InChI=1S/C37H46N4O5/c1-37(2,3)46-36(42)41-21-27(22-41)31-15-26(31)23-43-13-5-6-14-44-28-17-29(18-28)45-35-10-8-25(19-39-35)24-7-9-30-32-20-38-12-11-33(32)40(4)34(30)16-24/h7-12,16,19-20,26-29,31H,5-6,13-15,17-18,21-23H2,1-4H3/t26-,28?,29?,31+/m0/s1. The zero-order valence-electron chi connectivity index (χ0n) is 27.5. The van der Waals surface area contributed by atoms with Gasteiger partial charge in [0.15, 0.2) is 0 Å². The molecule has 1 amide bonds. The molecule has 244 valence electrons. The Bertz CT molecular complexity index is 1670. The molecule has 2 atom stereocenters. The van der Waals surface area contributed by atoms with E-state index in [1.807, 2.05) is 50.3 Å². The minimum absolute atomic E-state index is 0.158. The fourth-order valence-electron chi connectivity index (χ4n) is 6.86. The zero-order chi connectivity index (χ0) is 31.8. The number of hydrogen-bond acceptors (Lipinski definition) is 7. The van der Waals surface area contributed by atoms with Crippen LogP contribution in [0.15, 0.2) is 55.0 Å². The Labute approximate surface area is 271 Å². The van der Waals surface area contributed by atoms with Crippen molar-refractivity contribution in [2.75, 3.05) is 32.9 Å². The predicted molar refractivity (Wildman–Crippen MR) is 178 cm³/mol. The Morgan fingerprint density at radius 3 is 2.50 bits per heavy atom. The van der Waals surface area contributed by atoms with Gasteiger partial charge in [0.05, 0.1) is 11.6 Å². The first-order chi connectivity index (χ1) is 22.2. The number of hydrogen-bond donors (Lipinski definition) is 0. The quantitative estimate of drug-likeness (QED) is 0.156. The number of amides is 1. The molecule has 2 aliphatic carbocycles. The Hall–Kier alpha value is -3.69. The molecule has 1 aliphatic heterocycles. The first kappa shape index (κ1) is 30.9. The van der Waals surface area contributed by atoms with E-state index in [-0.39, 0.29) is 18.3 Å². The fourth-order valence-corrected chi connectivity index (χ4v) is 6.86. The van der Waals surface area contributed by atoms with Crippen LogP contribution in [0.1, 0.15) is 52.9 Å². The molecule has 0 N–H and O–H groups in total. The van der Waals surface area contributed by atoms with Crippen molar-refractivity contribution in [3.63, 3.8) is 0 Å². The van der Waals surface area contributed by atoms with Crippen LogP contribution in [0.5, 0.6) is 5.88 Å². The summed E-state index contributed by atoms with van der Waals surface area (Å²) in [5, 5.41) is 2.38. The lowest BCUT2D eigenvalue weighted by Crippen LogP contribution is -2.52. The molecule has 46 heavy (non-hydrogen) atoms. The molecule has 1 saturated heterocycles. The van der Waals surface area contributed by atoms with Crippen LogP contribution in [-0.4, -0.2) is 76.2 Å². The molecule has 3 aromatic heterocycles. The van der Waals surface area contributed by atoms with E-state index in [1.54, 1.807) is 0 Å². The number of carbonyl (C=O) groups excluding carboxylic acids is 1. The highest BCUT2D eigenvalue weighted by molar-refractivity contribution is 6.08. The summed E-state index contributed by atoms with van der Waals surface area (Å²) >= 11 is 0. The van der Waals surface area contributed by atoms with Gasteiger partial charge in [-0.05, 0) is 81.5 Å². The number of benzene rings is 1. The van der Waals surface area contributed by atoms with Crippen LogP contribution in [0.4, 0.5) is 4.79 Å². The summed E-state index contributed by atoms with van der Waals surface area (Å²) in [6.07, 6.45) is 11.0. The molecule has 0 spiro atoms. The van der Waals surface area contributed by atoms with Gasteiger partial charge in [-0.15, -0.1) is 0 Å². The van der Waals surface area contributed by atoms with E-state index in [0.717, 1.165) is 69.7 Å². The maximum absolute atomic E-state index is 12.1. The number of ether oxygens (including phenoxy) is 4. The maximum Gasteiger partial charge on any atom is 0.410 e. The van der Waals surface area contributed by atoms with Gasteiger partial charge < -0.3 is 28.4 Å². The first-order valence-electron chi connectivity index (χ1n) is 16.8. The Morgan fingerprint density at radius 2 is 1.72 bits per heavy atom.